The fourth-order valence-corrected chi connectivity index (χ4v) is 4.24. The van der Waals surface area contributed by atoms with Gasteiger partial charge in [-0.25, -0.2) is 8.42 Å². The van der Waals surface area contributed by atoms with Gasteiger partial charge in [-0.2, -0.15) is 0 Å². The Bertz CT molecular complexity index is 531. The fraction of sp³-hybridized carbons (Fsp3) is 0.500. The molecule has 18 heavy (non-hydrogen) atoms. The maximum Gasteiger partial charge on any atom is 0.154 e. The molecule has 2 rings (SSSR count). The van der Waals surface area contributed by atoms with E-state index in [1.165, 1.54) is 0 Å². The Morgan fingerprint density at radius 1 is 1.28 bits per heavy atom. The van der Waals surface area contributed by atoms with Crippen LogP contribution in [0.2, 0.25) is 10.0 Å². The van der Waals surface area contributed by atoms with Gasteiger partial charge in [-0.3, -0.25) is 0 Å². The van der Waals surface area contributed by atoms with Gasteiger partial charge in [0.05, 0.1) is 21.0 Å². The minimum absolute atomic E-state index is 0.236. The van der Waals surface area contributed by atoms with Gasteiger partial charge in [0, 0.05) is 13.1 Å². The first-order valence-corrected chi connectivity index (χ1v) is 8.32. The van der Waals surface area contributed by atoms with Crippen LogP contribution < -0.4 is 5.32 Å². The molecule has 0 aromatic heterocycles. The average Bonchev–Trinajstić information content (AvgIpc) is 2.63. The lowest BCUT2D eigenvalue weighted by Gasteiger charge is -2.11. The molecule has 1 aliphatic rings. The summed E-state index contributed by atoms with van der Waals surface area (Å²) in [4.78, 5) is 0. The molecule has 1 fully saturated rings. The standard InChI is InChI=1S/C12H15Cl2NO2S/c13-11-4-3-9(6-12(11)14)7-15-8-10-2-1-5-18(10,16)17/h3-4,6,10,15H,1-2,5,7-8H2. The van der Waals surface area contributed by atoms with Gasteiger partial charge < -0.3 is 5.32 Å². The number of halogens is 2. The van der Waals surface area contributed by atoms with Gasteiger partial charge in [-0.1, -0.05) is 29.3 Å². The minimum Gasteiger partial charge on any atom is -0.311 e. The largest absolute Gasteiger partial charge is 0.311 e. The smallest absolute Gasteiger partial charge is 0.154 e. The number of benzene rings is 1. The van der Waals surface area contributed by atoms with Crippen molar-refractivity contribution < 1.29 is 8.42 Å². The molecule has 1 aromatic rings. The number of hydrogen-bond acceptors (Lipinski definition) is 3. The van der Waals surface area contributed by atoms with Crippen LogP contribution in [-0.4, -0.2) is 26.0 Å². The van der Waals surface area contributed by atoms with E-state index in [2.05, 4.69) is 5.32 Å². The second kappa shape index (κ2) is 5.78. The van der Waals surface area contributed by atoms with Crippen molar-refractivity contribution in [2.24, 2.45) is 0 Å². The molecule has 0 bridgehead atoms. The first kappa shape index (κ1) is 14.1. The third kappa shape index (κ3) is 3.38. The van der Waals surface area contributed by atoms with Crippen LogP contribution in [0.1, 0.15) is 18.4 Å². The lowest BCUT2D eigenvalue weighted by Crippen LogP contribution is -2.30. The van der Waals surface area contributed by atoms with Crippen LogP contribution in [0, 0.1) is 0 Å². The highest BCUT2D eigenvalue weighted by Gasteiger charge is 2.30. The van der Waals surface area contributed by atoms with Crippen LogP contribution in [0.5, 0.6) is 0 Å². The molecule has 1 saturated heterocycles. The van der Waals surface area contributed by atoms with Crippen molar-refractivity contribution in [1.29, 1.82) is 0 Å². The molecule has 0 spiro atoms. The summed E-state index contributed by atoms with van der Waals surface area (Å²) in [6.07, 6.45) is 1.54. The summed E-state index contributed by atoms with van der Waals surface area (Å²) in [6, 6.07) is 5.41. The minimum atomic E-state index is -2.87. The van der Waals surface area contributed by atoms with Crippen molar-refractivity contribution in [2.75, 3.05) is 12.3 Å². The maximum atomic E-state index is 11.6. The average molecular weight is 308 g/mol. The number of sulfone groups is 1. The summed E-state index contributed by atoms with van der Waals surface area (Å²) >= 11 is 11.7. The van der Waals surface area contributed by atoms with Crippen molar-refractivity contribution in [2.45, 2.75) is 24.6 Å². The van der Waals surface area contributed by atoms with Crippen LogP contribution in [0.4, 0.5) is 0 Å². The second-order valence-corrected chi connectivity index (χ2v) is 7.73. The number of rotatable bonds is 4. The first-order chi connectivity index (χ1) is 8.49. The van der Waals surface area contributed by atoms with Gasteiger partial charge >= 0.3 is 0 Å². The van der Waals surface area contributed by atoms with Gasteiger partial charge in [0.2, 0.25) is 0 Å². The quantitative estimate of drug-likeness (QED) is 0.930. The van der Waals surface area contributed by atoms with Crippen LogP contribution in [0.3, 0.4) is 0 Å². The van der Waals surface area contributed by atoms with Crippen LogP contribution >= 0.6 is 23.2 Å². The molecule has 0 aliphatic carbocycles. The fourth-order valence-electron chi connectivity index (χ4n) is 2.11. The summed E-state index contributed by atoms with van der Waals surface area (Å²) in [5.41, 5.74) is 1.000. The van der Waals surface area contributed by atoms with Gasteiger partial charge in [-0.15, -0.1) is 0 Å². The summed E-state index contributed by atoms with van der Waals surface area (Å²) in [5.74, 6) is 0.326. The Balaban J connectivity index is 1.87. The van der Waals surface area contributed by atoms with E-state index in [9.17, 15) is 8.42 Å². The predicted octanol–water partition coefficient (Wildman–Crippen LogP) is 2.66. The topological polar surface area (TPSA) is 46.2 Å². The van der Waals surface area contributed by atoms with Crippen molar-refractivity contribution in [1.82, 2.24) is 5.32 Å². The van der Waals surface area contributed by atoms with E-state index < -0.39 is 9.84 Å². The van der Waals surface area contributed by atoms with Gasteiger partial charge in [0.25, 0.3) is 0 Å². The molecule has 1 heterocycles. The summed E-state index contributed by atoms with van der Waals surface area (Å²) in [6.45, 7) is 1.10. The van der Waals surface area contributed by atoms with Gasteiger partial charge in [0.1, 0.15) is 0 Å². The monoisotopic (exact) mass is 307 g/mol. The number of nitrogens with one attached hydrogen (secondary N) is 1. The van der Waals surface area contributed by atoms with Crippen LogP contribution in [0.15, 0.2) is 18.2 Å². The zero-order valence-electron chi connectivity index (χ0n) is 9.83. The third-order valence-electron chi connectivity index (χ3n) is 3.15. The normalized spacial score (nSPS) is 22.2. The molecular formula is C12H15Cl2NO2S. The summed E-state index contributed by atoms with van der Waals surface area (Å²) in [7, 11) is -2.87. The van der Waals surface area contributed by atoms with Crippen LogP contribution in [-0.2, 0) is 16.4 Å². The molecule has 1 unspecified atom stereocenters. The molecule has 100 valence electrons. The van der Waals surface area contributed by atoms with Crippen LogP contribution in [0.25, 0.3) is 0 Å². The highest BCUT2D eigenvalue weighted by atomic mass is 35.5. The Labute approximate surface area is 117 Å². The zero-order chi connectivity index (χ0) is 13.2. The predicted molar refractivity (Wildman–Crippen MR) is 75.0 cm³/mol. The third-order valence-corrected chi connectivity index (χ3v) is 6.16. The van der Waals surface area contributed by atoms with E-state index >= 15 is 0 Å². The van der Waals surface area contributed by atoms with E-state index in [-0.39, 0.29) is 5.25 Å². The van der Waals surface area contributed by atoms with Crippen molar-refractivity contribution in [3.8, 4) is 0 Å². The highest BCUT2D eigenvalue weighted by Crippen LogP contribution is 2.23. The summed E-state index contributed by atoms with van der Waals surface area (Å²) < 4.78 is 23.2. The Hall–Kier alpha value is -0.290. The molecule has 1 atom stereocenters. The first-order valence-electron chi connectivity index (χ1n) is 5.85. The SMILES string of the molecule is O=S1(=O)CCCC1CNCc1ccc(Cl)c(Cl)c1. The Morgan fingerprint density at radius 2 is 2.06 bits per heavy atom. The summed E-state index contributed by atoms with van der Waals surface area (Å²) in [5, 5.41) is 3.97. The molecule has 1 aliphatic heterocycles. The molecule has 1 N–H and O–H groups in total. The van der Waals surface area contributed by atoms with Gasteiger partial charge in [-0.05, 0) is 30.5 Å². The van der Waals surface area contributed by atoms with E-state index in [1.807, 2.05) is 6.07 Å². The highest BCUT2D eigenvalue weighted by molar-refractivity contribution is 7.92. The van der Waals surface area contributed by atoms with E-state index in [0.29, 0.717) is 28.9 Å². The Morgan fingerprint density at radius 3 is 2.67 bits per heavy atom. The lowest BCUT2D eigenvalue weighted by atomic mass is 10.2. The molecule has 0 radical (unpaired) electrons. The Kier molecular flexibility index (Phi) is 4.54. The van der Waals surface area contributed by atoms with Crippen molar-refractivity contribution >= 4 is 33.0 Å². The second-order valence-electron chi connectivity index (χ2n) is 4.51. The molecule has 0 amide bonds. The van der Waals surface area contributed by atoms with Crippen molar-refractivity contribution in [3.63, 3.8) is 0 Å². The molecule has 1 aromatic carbocycles. The van der Waals surface area contributed by atoms with Crippen molar-refractivity contribution in [3.05, 3.63) is 33.8 Å². The molecule has 3 nitrogen and oxygen atoms in total. The zero-order valence-corrected chi connectivity index (χ0v) is 12.2. The van der Waals surface area contributed by atoms with Gasteiger partial charge in [0.15, 0.2) is 9.84 Å². The van der Waals surface area contributed by atoms with E-state index in [0.717, 1.165) is 18.4 Å². The molecule has 6 heteroatoms. The molecule has 0 saturated carbocycles. The number of hydrogen-bond donors (Lipinski definition) is 1. The lowest BCUT2D eigenvalue weighted by molar-refractivity contribution is 0.574. The maximum absolute atomic E-state index is 11.6. The molecular weight excluding hydrogens is 293 g/mol. The van der Waals surface area contributed by atoms with E-state index in [1.54, 1.807) is 12.1 Å². The van der Waals surface area contributed by atoms with E-state index in [4.69, 9.17) is 23.2 Å².